The second kappa shape index (κ2) is 13.1. The summed E-state index contributed by atoms with van der Waals surface area (Å²) < 4.78 is 29.7. The van der Waals surface area contributed by atoms with E-state index in [1.807, 2.05) is 46.4 Å². The molecule has 4 N–H and O–H groups in total. The number of amides is 4. The van der Waals surface area contributed by atoms with Gasteiger partial charge in [-0.3, -0.25) is 23.9 Å². The van der Waals surface area contributed by atoms with Gasteiger partial charge in [0.15, 0.2) is 5.82 Å². The van der Waals surface area contributed by atoms with E-state index in [0.717, 1.165) is 36.7 Å². The second-order valence-corrected chi connectivity index (χ2v) is 17.3. The monoisotopic (exact) mass is 734 g/mol. The summed E-state index contributed by atoms with van der Waals surface area (Å²) in [4.78, 5) is 68.5. The quantitative estimate of drug-likeness (QED) is 0.317. The Kier molecular flexibility index (Phi) is 8.74. The molecule has 1 aromatic carbocycles. The van der Waals surface area contributed by atoms with Crippen molar-refractivity contribution >= 4 is 56.0 Å². The highest BCUT2D eigenvalue weighted by molar-refractivity contribution is 7.91. The molecule has 8 rings (SSSR count). The molecule has 2 aromatic heterocycles. The summed E-state index contributed by atoms with van der Waals surface area (Å²) in [6, 6.07) is 5.84. The van der Waals surface area contributed by atoms with E-state index in [0.29, 0.717) is 37.3 Å². The molecule has 4 fully saturated rings. The molecule has 5 aliphatic rings. The van der Waals surface area contributed by atoms with Crippen LogP contribution in [0.3, 0.4) is 0 Å². The highest BCUT2D eigenvalue weighted by atomic mass is 32.2. The SMILES string of the molecule is N[C@@H]1CCCCC/C=C\[C@@H]2C[C@@]2(C(=O)NS(=O)(=O)C2CC2)NC(=O)[C@@H]2[C@H]3CN(C(=O)Cn4c(-c5cscn5)nc5ccccc54)C[C@H]3CN2C1=O. The van der Waals surface area contributed by atoms with Gasteiger partial charge in [-0.2, -0.15) is 0 Å². The number of likely N-dealkylation sites (tertiary alicyclic amines) is 1. The van der Waals surface area contributed by atoms with Gasteiger partial charge in [-0.25, -0.2) is 18.4 Å². The molecular weight excluding hydrogens is 693 g/mol. The van der Waals surface area contributed by atoms with Crippen LogP contribution in [0.5, 0.6) is 0 Å². The van der Waals surface area contributed by atoms with E-state index in [1.165, 1.54) is 11.3 Å². The molecule has 5 heterocycles. The van der Waals surface area contributed by atoms with E-state index < -0.39 is 50.6 Å². The zero-order chi connectivity index (χ0) is 35.5. The lowest BCUT2D eigenvalue weighted by Crippen LogP contribution is -2.59. The van der Waals surface area contributed by atoms with Crippen LogP contribution >= 0.6 is 11.3 Å². The topological polar surface area (TPSA) is 190 Å². The first-order valence-electron chi connectivity index (χ1n) is 17.8. The number of allylic oxidation sites excluding steroid dienone is 1. The summed E-state index contributed by atoms with van der Waals surface area (Å²) in [6.07, 6.45) is 8.88. The highest BCUT2D eigenvalue weighted by Crippen LogP contribution is 2.47. The lowest BCUT2D eigenvalue weighted by Gasteiger charge is -2.32. The van der Waals surface area contributed by atoms with Crippen molar-refractivity contribution in [3.05, 3.63) is 47.3 Å². The Hall–Kier alpha value is -4.15. The Morgan fingerprint density at radius 1 is 1.08 bits per heavy atom. The first-order chi connectivity index (χ1) is 24.6. The van der Waals surface area contributed by atoms with Crippen molar-refractivity contribution in [1.82, 2.24) is 34.4 Å². The minimum absolute atomic E-state index is 0.0178. The third-order valence-corrected chi connectivity index (χ3v) is 13.6. The molecule has 2 saturated carbocycles. The molecule has 3 aliphatic heterocycles. The molecule has 0 unspecified atom stereocenters. The van der Waals surface area contributed by atoms with Gasteiger partial charge in [-0.1, -0.05) is 37.1 Å². The van der Waals surface area contributed by atoms with Crippen LogP contribution in [0.25, 0.3) is 22.6 Å². The molecule has 0 bridgehead atoms. The van der Waals surface area contributed by atoms with Crippen LogP contribution in [0, 0.1) is 17.8 Å². The molecule has 0 spiro atoms. The van der Waals surface area contributed by atoms with Gasteiger partial charge < -0.3 is 25.4 Å². The van der Waals surface area contributed by atoms with Gasteiger partial charge in [-0.15, -0.1) is 11.3 Å². The minimum Gasteiger partial charge on any atom is -0.340 e. The number of benzene rings is 1. The Labute approximate surface area is 299 Å². The summed E-state index contributed by atoms with van der Waals surface area (Å²) in [7, 11) is -3.86. The zero-order valence-corrected chi connectivity index (χ0v) is 29.8. The lowest BCUT2D eigenvalue weighted by atomic mass is 9.93. The number of hydrogen-bond donors (Lipinski definition) is 3. The van der Waals surface area contributed by atoms with Crippen LogP contribution < -0.4 is 15.8 Å². The van der Waals surface area contributed by atoms with Crippen molar-refractivity contribution < 1.29 is 27.6 Å². The van der Waals surface area contributed by atoms with Crippen LogP contribution in [0.4, 0.5) is 0 Å². The molecule has 16 heteroatoms. The maximum Gasteiger partial charge on any atom is 0.259 e. The molecular formula is C35H42N8O6S2. The van der Waals surface area contributed by atoms with Crippen LogP contribution in [0.1, 0.15) is 51.4 Å². The first-order valence-corrected chi connectivity index (χ1v) is 20.3. The van der Waals surface area contributed by atoms with Gasteiger partial charge in [-0.05, 0) is 50.7 Å². The molecule has 51 heavy (non-hydrogen) atoms. The number of imidazole rings is 1. The number of fused-ring (bicyclic) bond motifs is 5. The number of rotatable bonds is 6. The fourth-order valence-corrected chi connectivity index (χ4v) is 10.1. The smallest absolute Gasteiger partial charge is 0.259 e. The average molecular weight is 735 g/mol. The van der Waals surface area contributed by atoms with Crippen molar-refractivity contribution in [2.24, 2.45) is 23.5 Å². The van der Waals surface area contributed by atoms with Gasteiger partial charge in [0, 0.05) is 42.8 Å². The zero-order valence-electron chi connectivity index (χ0n) is 28.1. The van der Waals surface area contributed by atoms with Crippen molar-refractivity contribution in [2.45, 2.75) is 80.8 Å². The molecule has 0 radical (unpaired) electrons. The number of hydrogen-bond acceptors (Lipinski definition) is 10. The van der Waals surface area contributed by atoms with Crippen molar-refractivity contribution in [2.75, 3.05) is 19.6 Å². The Bertz CT molecular complexity index is 2010. The number of carbonyl (C=O) groups excluding carboxylic acids is 4. The van der Waals surface area contributed by atoms with Crippen molar-refractivity contribution in [3.8, 4) is 11.5 Å². The Morgan fingerprint density at radius 3 is 2.69 bits per heavy atom. The number of nitrogens with one attached hydrogen (secondary N) is 2. The molecule has 14 nitrogen and oxygen atoms in total. The van der Waals surface area contributed by atoms with Crippen LogP contribution in [-0.2, 0) is 35.7 Å². The lowest BCUT2D eigenvalue weighted by molar-refractivity contribution is -0.142. The van der Waals surface area contributed by atoms with Gasteiger partial charge in [0.2, 0.25) is 27.7 Å². The number of thiazole rings is 1. The summed E-state index contributed by atoms with van der Waals surface area (Å²) in [5.41, 5.74) is 8.93. The van der Waals surface area contributed by atoms with E-state index >= 15 is 0 Å². The first kappa shape index (κ1) is 34.0. The van der Waals surface area contributed by atoms with Gasteiger partial charge >= 0.3 is 0 Å². The average Bonchev–Trinajstić information content (AvgIpc) is 3.82. The predicted octanol–water partition coefficient (Wildman–Crippen LogP) is 1.78. The molecule has 4 amide bonds. The molecule has 2 aliphatic carbocycles. The largest absolute Gasteiger partial charge is 0.340 e. The predicted molar refractivity (Wildman–Crippen MR) is 189 cm³/mol. The van der Waals surface area contributed by atoms with Gasteiger partial charge in [0.1, 0.15) is 23.8 Å². The highest BCUT2D eigenvalue weighted by Gasteiger charge is 2.63. The summed E-state index contributed by atoms with van der Waals surface area (Å²) in [6.45, 7) is 0.846. The summed E-state index contributed by atoms with van der Waals surface area (Å²) in [5, 5.41) is 4.23. The maximum absolute atomic E-state index is 14.4. The Balaban J connectivity index is 1.06. The fourth-order valence-electron chi connectivity index (χ4n) is 8.16. The number of para-hydroxylation sites is 2. The van der Waals surface area contributed by atoms with E-state index in [4.69, 9.17) is 10.7 Å². The van der Waals surface area contributed by atoms with Crippen molar-refractivity contribution in [3.63, 3.8) is 0 Å². The second-order valence-electron chi connectivity index (χ2n) is 14.7. The summed E-state index contributed by atoms with van der Waals surface area (Å²) in [5.74, 6) is -2.14. The normalized spacial score (nSPS) is 30.5. The van der Waals surface area contributed by atoms with Gasteiger partial charge in [0.25, 0.3) is 5.91 Å². The number of aromatic nitrogens is 3. The number of sulfonamides is 1. The van der Waals surface area contributed by atoms with E-state index in [-0.39, 0.29) is 49.7 Å². The van der Waals surface area contributed by atoms with Crippen molar-refractivity contribution in [1.29, 1.82) is 0 Å². The Morgan fingerprint density at radius 2 is 1.90 bits per heavy atom. The van der Waals surface area contributed by atoms with Crippen LogP contribution in [0.15, 0.2) is 47.3 Å². The molecule has 3 aromatic rings. The third-order valence-electron chi connectivity index (χ3n) is 11.2. The van der Waals surface area contributed by atoms with E-state index in [9.17, 15) is 27.6 Å². The third kappa shape index (κ3) is 6.35. The molecule has 6 atom stereocenters. The summed E-state index contributed by atoms with van der Waals surface area (Å²) >= 11 is 1.44. The number of nitrogens with zero attached hydrogens (tertiary/aromatic N) is 5. The van der Waals surface area contributed by atoms with Crippen LogP contribution in [-0.4, -0.2) is 98.9 Å². The number of nitrogens with two attached hydrogens (primary N) is 1. The fraction of sp³-hybridized carbons (Fsp3) is 0.543. The van der Waals surface area contributed by atoms with Gasteiger partial charge in [0.05, 0.1) is 27.8 Å². The minimum atomic E-state index is -3.86. The van der Waals surface area contributed by atoms with Crippen LogP contribution in [0.2, 0.25) is 0 Å². The number of carbonyl (C=O) groups is 4. The standard InChI is InChI=1S/C35H42N8O6S2/c36-25-9-5-3-1-2-4-8-22-14-35(22,34(47)40-51(48,49)23-12-13-23)39-32(45)30-24-17-41(15-21(24)16-43(30)33(25)46)29(44)18-42-28-11-7-6-10-26(28)38-31(42)27-19-50-20-37-27/h4,6-8,10-11,19-25,30H,1-3,5,9,12-18,36H2,(H,39,45)(H,40,47)/b8-4-/t21-,22+,24-,25+,30-,35+/m0/s1. The van der Waals surface area contributed by atoms with E-state index in [1.54, 1.807) is 15.3 Å². The maximum atomic E-state index is 14.4. The molecule has 270 valence electrons. The van der Waals surface area contributed by atoms with E-state index in [2.05, 4.69) is 15.0 Å². The molecule has 2 saturated heterocycles.